The summed E-state index contributed by atoms with van der Waals surface area (Å²) in [6, 6.07) is 5.06. The number of nitrogens with one attached hydrogen (secondary N) is 4. The van der Waals surface area contributed by atoms with Crippen molar-refractivity contribution in [3.05, 3.63) is 51.3 Å². The average molecular weight is 383 g/mol. The Morgan fingerprint density at radius 2 is 2.00 bits per heavy atom. The van der Waals surface area contributed by atoms with E-state index in [-0.39, 0.29) is 5.82 Å². The molecule has 0 unspecified atom stereocenters. The predicted molar refractivity (Wildman–Crippen MR) is 91.3 cm³/mol. The van der Waals surface area contributed by atoms with Crippen LogP contribution >= 0.6 is 11.3 Å². The van der Waals surface area contributed by atoms with E-state index in [0.29, 0.717) is 18.0 Å². The number of nitrogens with zero attached hydrogens (tertiary/aromatic N) is 1. The fourth-order valence-electron chi connectivity index (χ4n) is 2.10. The number of rotatable bonds is 3. The molecule has 3 rings (SSSR count). The molecule has 0 aliphatic rings. The Balaban J connectivity index is 1.72. The first-order valence-corrected chi connectivity index (χ1v) is 8.04. The van der Waals surface area contributed by atoms with Crippen LogP contribution in [-0.2, 0) is 6.18 Å². The van der Waals surface area contributed by atoms with E-state index >= 15 is 0 Å². The highest BCUT2D eigenvalue weighted by Crippen LogP contribution is 2.29. The second kappa shape index (κ2) is 6.67. The number of carbonyl (C=O) groups excluding carboxylic acids is 1. The van der Waals surface area contributed by atoms with Crippen molar-refractivity contribution >= 4 is 28.9 Å². The van der Waals surface area contributed by atoms with E-state index in [0.717, 1.165) is 9.75 Å². The number of aryl methyl sites for hydroxylation is 1. The van der Waals surface area contributed by atoms with E-state index in [4.69, 9.17) is 0 Å². The number of halogens is 3. The van der Waals surface area contributed by atoms with Crippen LogP contribution in [0, 0.1) is 6.92 Å². The third-order valence-corrected chi connectivity index (χ3v) is 4.34. The highest BCUT2D eigenvalue weighted by molar-refractivity contribution is 7.15. The quantitative estimate of drug-likeness (QED) is 0.553. The first kappa shape index (κ1) is 17.7. The molecule has 26 heavy (non-hydrogen) atoms. The number of urea groups is 1. The van der Waals surface area contributed by atoms with E-state index in [9.17, 15) is 22.8 Å². The molecule has 0 spiro atoms. The number of anilines is 2. The van der Waals surface area contributed by atoms with Gasteiger partial charge in [-0.05, 0) is 25.1 Å². The summed E-state index contributed by atoms with van der Waals surface area (Å²) in [6.45, 7) is 1.95. The zero-order valence-electron chi connectivity index (χ0n) is 13.2. The van der Waals surface area contributed by atoms with E-state index in [1.807, 2.05) is 24.0 Å². The normalized spacial score (nSPS) is 11.4. The van der Waals surface area contributed by atoms with Crippen LogP contribution < -0.4 is 16.2 Å². The van der Waals surface area contributed by atoms with Gasteiger partial charge in [0.1, 0.15) is 5.69 Å². The average Bonchev–Trinajstić information content (AvgIpc) is 3.17. The number of H-pyrrole nitrogens is 2. The number of amides is 2. The molecule has 11 heteroatoms. The molecule has 0 aliphatic carbocycles. The molecule has 136 valence electrons. The van der Waals surface area contributed by atoms with Crippen LogP contribution in [0.1, 0.15) is 10.4 Å². The van der Waals surface area contributed by atoms with Crippen LogP contribution in [0.5, 0.6) is 0 Å². The summed E-state index contributed by atoms with van der Waals surface area (Å²) >= 11 is 1.53. The molecule has 0 fully saturated rings. The Hall–Kier alpha value is -3.08. The highest BCUT2D eigenvalue weighted by atomic mass is 32.1. The second-order valence-corrected chi connectivity index (χ2v) is 6.57. The van der Waals surface area contributed by atoms with Crippen LogP contribution in [0.4, 0.5) is 29.5 Å². The molecular weight excluding hydrogens is 371 g/mol. The third kappa shape index (κ3) is 3.94. The van der Waals surface area contributed by atoms with E-state index in [1.54, 1.807) is 6.07 Å². The van der Waals surface area contributed by atoms with Gasteiger partial charge in [0.05, 0.1) is 16.1 Å². The van der Waals surface area contributed by atoms with Gasteiger partial charge in [-0.25, -0.2) is 4.79 Å². The summed E-state index contributed by atoms with van der Waals surface area (Å²) in [6.07, 6.45) is -4.11. The summed E-state index contributed by atoms with van der Waals surface area (Å²) in [4.78, 5) is 27.5. The van der Waals surface area contributed by atoms with Crippen LogP contribution in [0.15, 0.2) is 35.3 Å². The molecule has 0 saturated heterocycles. The topological polar surface area (TPSA) is 103 Å². The van der Waals surface area contributed by atoms with Crippen LogP contribution in [0.2, 0.25) is 0 Å². The molecule has 0 aliphatic heterocycles. The number of alkyl halides is 3. The van der Waals surface area contributed by atoms with E-state index in [2.05, 4.69) is 20.8 Å². The number of thiophene rings is 1. The van der Waals surface area contributed by atoms with Crippen molar-refractivity contribution in [1.82, 2.24) is 15.2 Å². The minimum absolute atomic E-state index is 0.159. The predicted octanol–water partition coefficient (Wildman–Crippen LogP) is 3.80. The lowest BCUT2D eigenvalue weighted by molar-refractivity contribution is -0.137. The standard InChI is InChI=1S/C15H12F3N5O2S/c1-7-2-3-11(26-7)9-5-12(23-22-9)21-14(25)20-10-4-8(15(16,17)18)6-19-13(10)24/h2-6H,1H3,(H,19,24)(H3,20,21,22,23,25). The summed E-state index contributed by atoms with van der Waals surface area (Å²) in [7, 11) is 0. The Bertz CT molecular complexity index is 1010. The van der Waals surface area contributed by atoms with Gasteiger partial charge in [-0.1, -0.05) is 0 Å². The fourth-order valence-corrected chi connectivity index (χ4v) is 2.93. The lowest BCUT2D eigenvalue weighted by atomic mass is 10.2. The lowest BCUT2D eigenvalue weighted by Crippen LogP contribution is -2.25. The van der Waals surface area contributed by atoms with Crippen molar-refractivity contribution in [3.63, 3.8) is 0 Å². The van der Waals surface area contributed by atoms with Crippen LogP contribution in [0.25, 0.3) is 10.6 Å². The maximum Gasteiger partial charge on any atom is 0.417 e. The van der Waals surface area contributed by atoms with Crippen molar-refractivity contribution in [2.75, 3.05) is 10.6 Å². The number of pyridine rings is 1. The van der Waals surface area contributed by atoms with Crippen molar-refractivity contribution in [1.29, 1.82) is 0 Å². The third-order valence-electron chi connectivity index (χ3n) is 3.30. The fraction of sp³-hybridized carbons (Fsp3) is 0.133. The Kier molecular flexibility index (Phi) is 4.55. The molecular formula is C15H12F3N5O2S. The zero-order valence-corrected chi connectivity index (χ0v) is 14.0. The first-order valence-electron chi connectivity index (χ1n) is 7.22. The number of hydrogen-bond donors (Lipinski definition) is 4. The number of carbonyl (C=O) groups is 1. The smallest absolute Gasteiger partial charge is 0.327 e. The van der Waals surface area contributed by atoms with Gasteiger partial charge in [-0.2, -0.15) is 18.3 Å². The minimum Gasteiger partial charge on any atom is -0.327 e. The SMILES string of the molecule is Cc1ccc(-c2cc(NC(=O)Nc3cc(C(F)(F)F)c[nH]c3=O)n[nH]2)s1. The maximum atomic E-state index is 12.7. The molecule has 3 heterocycles. The molecule has 3 aromatic rings. The van der Waals surface area contributed by atoms with E-state index < -0.39 is 29.0 Å². The highest BCUT2D eigenvalue weighted by Gasteiger charge is 2.31. The van der Waals surface area contributed by atoms with Gasteiger partial charge in [0.25, 0.3) is 5.56 Å². The van der Waals surface area contributed by atoms with Gasteiger partial charge in [0, 0.05) is 17.1 Å². The molecule has 0 aromatic carbocycles. The van der Waals surface area contributed by atoms with Gasteiger partial charge in [0.2, 0.25) is 0 Å². The number of aromatic amines is 2. The minimum atomic E-state index is -4.65. The van der Waals surface area contributed by atoms with Crippen molar-refractivity contribution in [3.8, 4) is 10.6 Å². The van der Waals surface area contributed by atoms with Gasteiger partial charge < -0.3 is 10.3 Å². The number of aromatic nitrogens is 3. The van der Waals surface area contributed by atoms with Gasteiger partial charge in [0.15, 0.2) is 5.82 Å². The second-order valence-electron chi connectivity index (χ2n) is 5.29. The molecule has 0 atom stereocenters. The lowest BCUT2D eigenvalue weighted by Gasteiger charge is -2.09. The largest absolute Gasteiger partial charge is 0.417 e. The van der Waals surface area contributed by atoms with Crippen molar-refractivity contribution in [2.45, 2.75) is 13.1 Å². The maximum absolute atomic E-state index is 12.7. The molecule has 2 amide bonds. The first-order chi connectivity index (χ1) is 12.2. The summed E-state index contributed by atoms with van der Waals surface area (Å²) in [5, 5.41) is 11.1. The van der Waals surface area contributed by atoms with Crippen LogP contribution in [-0.4, -0.2) is 21.2 Å². The molecule has 3 aromatic heterocycles. The van der Waals surface area contributed by atoms with Gasteiger partial charge in [-0.15, -0.1) is 11.3 Å². The summed E-state index contributed by atoms with van der Waals surface area (Å²) in [5.41, 5.74) is -1.79. The van der Waals surface area contributed by atoms with E-state index in [1.165, 1.54) is 11.3 Å². The molecule has 4 N–H and O–H groups in total. The van der Waals surface area contributed by atoms with Gasteiger partial charge in [-0.3, -0.25) is 15.2 Å². The summed E-state index contributed by atoms with van der Waals surface area (Å²) in [5.74, 6) is 0.159. The van der Waals surface area contributed by atoms with Crippen molar-refractivity contribution in [2.24, 2.45) is 0 Å². The summed E-state index contributed by atoms with van der Waals surface area (Å²) < 4.78 is 38.1. The Morgan fingerprint density at radius 3 is 2.65 bits per heavy atom. The van der Waals surface area contributed by atoms with Crippen LogP contribution in [0.3, 0.4) is 0 Å². The molecule has 0 bridgehead atoms. The monoisotopic (exact) mass is 383 g/mol. The molecule has 0 saturated carbocycles. The molecule has 0 radical (unpaired) electrons. The zero-order chi connectivity index (χ0) is 18.9. The number of hydrogen-bond acceptors (Lipinski definition) is 4. The van der Waals surface area contributed by atoms with Gasteiger partial charge >= 0.3 is 12.2 Å². The molecule has 7 nitrogen and oxygen atoms in total. The van der Waals surface area contributed by atoms with Crippen molar-refractivity contribution < 1.29 is 18.0 Å². The Labute approximate surface area is 148 Å². The Morgan fingerprint density at radius 1 is 1.23 bits per heavy atom.